The highest BCUT2D eigenvalue weighted by molar-refractivity contribution is 5.87. The highest BCUT2D eigenvalue weighted by atomic mass is 16.6. The topological polar surface area (TPSA) is 35.5 Å². The van der Waals surface area contributed by atoms with Gasteiger partial charge in [0.05, 0.1) is 5.60 Å². The minimum absolute atomic E-state index is 0.208. The summed E-state index contributed by atoms with van der Waals surface area (Å²) >= 11 is 0. The first-order valence-electron chi connectivity index (χ1n) is 4.51. The molecule has 1 aliphatic carbocycles. The van der Waals surface area contributed by atoms with E-state index in [0.717, 1.165) is 19.4 Å². The Kier molecular flexibility index (Phi) is 1.93. The van der Waals surface area contributed by atoms with Gasteiger partial charge in [0, 0.05) is 19.6 Å². The summed E-state index contributed by atoms with van der Waals surface area (Å²) < 4.78 is 11.1. The molecular formula is C9H14O3. The molecule has 1 saturated carbocycles. The van der Waals surface area contributed by atoms with Crippen LogP contribution in [0.3, 0.4) is 0 Å². The molecule has 2 atom stereocenters. The monoisotopic (exact) mass is 170 g/mol. The zero-order chi connectivity index (χ0) is 8.60. The standard InChI is InChI=1S/C9H14O3/c1-9-4-3-7(10)8(9)11-5-2-6-12-9/h8H,2-6H2,1H3. The van der Waals surface area contributed by atoms with Crippen LogP contribution in [-0.2, 0) is 14.3 Å². The Morgan fingerprint density at radius 2 is 2.33 bits per heavy atom. The maximum Gasteiger partial charge on any atom is 0.164 e. The van der Waals surface area contributed by atoms with Gasteiger partial charge < -0.3 is 9.47 Å². The molecule has 0 N–H and O–H groups in total. The SMILES string of the molecule is CC12CCC(=O)C1OCCCO2. The van der Waals surface area contributed by atoms with Gasteiger partial charge in [-0.2, -0.15) is 0 Å². The summed E-state index contributed by atoms with van der Waals surface area (Å²) in [6.07, 6.45) is 2.04. The number of Topliss-reactive ketones (excluding diaryl/α,β-unsaturated/α-hetero) is 1. The minimum atomic E-state index is -0.326. The third-order valence-corrected chi connectivity index (χ3v) is 2.72. The number of carbonyl (C=O) groups excluding carboxylic acids is 1. The lowest BCUT2D eigenvalue weighted by molar-refractivity contribution is -0.138. The van der Waals surface area contributed by atoms with Gasteiger partial charge in [0.1, 0.15) is 6.10 Å². The molecule has 2 aliphatic rings. The fraction of sp³-hybridized carbons (Fsp3) is 0.889. The van der Waals surface area contributed by atoms with Gasteiger partial charge in [0.2, 0.25) is 0 Å². The third kappa shape index (κ3) is 1.17. The van der Waals surface area contributed by atoms with Crippen molar-refractivity contribution in [2.24, 2.45) is 0 Å². The van der Waals surface area contributed by atoms with Crippen LogP contribution in [0, 0.1) is 0 Å². The molecule has 0 bridgehead atoms. The van der Waals surface area contributed by atoms with E-state index >= 15 is 0 Å². The molecule has 0 radical (unpaired) electrons. The Hall–Kier alpha value is -0.410. The zero-order valence-corrected chi connectivity index (χ0v) is 7.34. The predicted octanol–water partition coefficient (Wildman–Crippen LogP) is 0.913. The number of fused-ring (bicyclic) bond motifs is 1. The van der Waals surface area contributed by atoms with E-state index in [1.54, 1.807) is 0 Å². The van der Waals surface area contributed by atoms with Crippen molar-refractivity contribution in [2.75, 3.05) is 13.2 Å². The van der Waals surface area contributed by atoms with Crippen LogP contribution in [0.5, 0.6) is 0 Å². The van der Waals surface area contributed by atoms with Crippen LogP contribution in [-0.4, -0.2) is 30.7 Å². The molecule has 3 heteroatoms. The molecule has 1 aliphatic heterocycles. The van der Waals surface area contributed by atoms with E-state index < -0.39 is 0 Å². The normalized spacial score (nSPS) is 42.4. The smallest absolute Gasteiger partial charge is 0.164 e. The van der Waals surface area contributed by atoms with Crippen molar-refractivity contribution in [3.63, 3.8) is 0 Å². The summed E-state index contributed by atoms with van der Waals surface area (Å²) in [6.45, 7) is 3.36. The van der Waals surface area contributed by atoms with Crippen LogP contribution < -0.4 is 0 Å². The van der Waals surface area contributed by atoms with Gasteiger partial charge in [-0.3, -0.25) is 4.79 Å². The van der Waals surface area contributed by atoms with E-state index in [2.05, 4.69) is 0 Å². The van der Waals surface area contributed by atoms with Crippen molar-refractivity contribution < 1.29 is 14.3 Å². The fourth-order valence-corrected chi connectivity index (χ4v) is 1.96. The van der Waals surface area contributed by atoms with Crippen LogP contribution in [0.2, 0.25) is 0 Å². The first-order chi connectivity index (χ1) is 5.72. The van der Waals surface area contributed by atoms with Gasteiger partial charge in [-0.05, 0) is 19.8 Å². The van der Waals surface area contributed by atoms with Crippen LogP contribution in [0.25, 0.3) is 0 Å². The van der Waals surface area contributed by atoms with Gasteiger partial charge in [-0.25, -0.2) is 0 Å². The molecule has 2 rings (SSSR count). The molecule has 2 fully saturated rings. The van der Waals surface area contributed by atoms with Crippen molar-refractivity contribution >= 4 is 5.78 Å². The number of carbonyl (C=O) groups is 1. The highest BCUT2D eigenvalue weighted by Crippen LogP contribution is 2.34. The van der Waals surface area contributed by atoms with Crippen molar-refractivity contribution in [1.82, 2.24) is 0 Å². The van der Waals surface area contributed by atoms with Gasteiger partial charge >= 0.3 is 0 Å². The Morgan fingerprint density at radius 1 is 1.50 bits per heavy atom. The number of hydrogen-bond acceptors (Lipinski definition) is 3. The number of rotatable bonds is 0. The predicted molar refractivity (Wildman–Crippen MR) is 43.0 cm³/mol. The number of ether oxygens (including phenoxy) is 2. The van der Waals surface area contributed by atoms with Crippen molar-refractivity contribution in [2.45, 2.75) is 37.9 Å². The largest absolute Gasteiger partial charge is 0.372 e. The summed E-state index contributed by atoms with van der Waals surface area (Å²) in [5.41, 5.74) is -0.326. The quantitative estimate of drug-likeness (QED) is 0.542. The summed E-state index contributed by atoms with van der Waals surface area (Å²) in [5.74, 6) is 0.208. The molecule has 0 amide bonds. The van der Waals surface area contributed by atoms with Gasteiger partial charge in [-0.15, -0.1) is 0 Å². The summed E-state index contributed by atoms with van der Waals surface area (Å²) in [6, 6.07) is 0. The van der Waals surface area contributed by atoms with Gasteiger partial charge in [0.25, 0.3) is 0 Å². The lowest BCUT2D eigenvalue weighted by atomic mass is 10.0. The summed E-state index contributed by atoms with van der Waals surface area (Å²) in [5, 5.41) is 0. The first-order valence-corrected chi connectivity index (χ1v) is 4.51. The average Bonchev–Trinajstić information content (AvgIpc) is 2.24. The number of ketones is 1. The molecule has 3 nitrogen and oxygen atoms in total. The summed E-state index contributed by atoms with van der Waals surface area (Å²) in [4.78, 5) is 11.4. The maximum absolute atomic E-state index is 11.4. The first kappa shape index (κ1) is 8.20. The summed E-state index contributed by atoms with van der Waals surface area (Å²) in [7, 11) is 0. The molecule has 1 heterocycles. The molecule has 0 aromatic heterocycles. The molecular weight excluding hydrogens is 156 g/mol. The van der Waals surface area contributed by atoms with E-state index in [1.807, 2.05) is 6.92 Å². The second-order valence-electron chi connectivity index (χ2n) is 3.73. The maximum atomic E-state index is 11.4. The molecule has 2 unspecified atom stereocenters. The van der Waals surface area contributed by atoms with Crippen molar-refractivity contribution in [3.8, 4) is 0 Å². The second kappa shape index (κ2) is 2.82. The van der Waals surface area contributed by atoms with Crippen molar-refractivity contribution in [3.05, 3.63) is 0 Å². The van der Waals surface area contributed by atoms with Crippen LogP contribution in [0.4, 0.5) is 0 Å². The van der Waals surface area contributed by atoms with E-state index in [9.17, 15) is 4.79 Å². The second-order valence-corrected chi connectivity index (χ2v) is 3.73. The Morgan fingerprint density at radius 3 is 3.17 bits per heavy atom. The molecule has 1 saturated heterocycles. The van der Waals surface area contributed by atoms with E-state index in [1.165, 1.54) is 0 Å². The van der Waals surface area contributed by atoms with Gasteiger partial charge in [-0.1, -0.05) is 0 Å². The Balaban J connectivity index is 2.19. The van der Waals surface area contributed by atoms with E-state index in [-0.39, 0.29) is 17.5 Å². The number of hydrogen-bond donors (Lipinski definition) is 0. The lowest BCUT2D eigenvalue weighted by Crippen LogP contribution is -2.40. The van der Waals surface area contributed by atoms with E-state index in [4.69, 9.17) is 9.47 Å². The third-order valence-electron chi connectivity index (χ3n) is 2.72. The highest BCUT2D eigenvalue weighted by Gasteiger charge is 2.47. The van der Waals surface area contributed by atoms with Crippen LogP contribution >= 0.6 is 0 Å². The lowest BCUT2D eigenvalue weighted by Gasteiger charge is -2.27. The zero-order valence-electron chi connectivity index (χ0n) is 7.34. The molecule has 0 aromatic rings. The van der Waals surface area contributed by atoms with Crippen molar-refractivity contribution in [1.29, 1.82) is 0 Å². The Bertz CT molecular complexity index is 202. The molecule has 0 aromatic carbocycles. The fourth-order valence-electron chi connectivity index (χ4n) is 1.96. The molecule has 68 valence electrons. The van der Waals surface area contributed by atoms with Gasteiger partial charge in [0.15, 0.2) is 5.78 Å². The molecule has 12 heavy (non-hydrogen) atoms. The Labute approximate surface area is 72.0 Å². The molecule has 0 spiro atoms. The average molecular weight is 170 g/mol. The van der Waals surface area contributed by atoms with Crippen LogP contribution in [0.15, 0.2) is 0 Å². The van der Waals surface area contributed by atoms with Crippen LogP contribution in [0.1, 0.15) is 26.2 Å². The minimum Gasteiger partial charge on any atom is -0.372 e. The van der Waals surface area contributed by atoms with E-state index in [0.29, 0.717) is 13.0 Å².